The number of carbonyl (C=O) groups is 2. The predicted molar refractivity (Wildman–Crippen MR) is 116 cm³/mol. The van der Waals surface area contributed by atoms with Crippen LogP contribution in [0.1, 0.15) is 44.9 Å². The maximum atomic E-state index is 13.4. The van der Waals surface area contributed by atoms with Crippen LogP contribution in [0.2, 0.25) is 5.02 Å². The molecule has 0 unspecified atom stereocenters. The topological polar surface area (TPSA) is 94.1 Å². The quantitative estimate of drug-likeness (QED) is 0.328. The van der Waals surface area contributed by atoms with Gasteiger partial charge >= 0.3 is 6.18 Å². The number of alkyl halides is 3. The summed E-state index contributed by atoms with van der Waals surface area (Å²) in [4.78, 5) is 31.1. The SMILES string of the molecule is C[C@H]1CN(c2ccc(C(F)(F)F)c(Cl)c2)C(=O)c2c(C(=O)C=C(N)c3cncc(F)c3)cnn21. The molecule has 1 amide bonds. The lowest BCUT2D eigenvalue weighted by Crippen LogP contribution is -2.43. The molecule has 0 aliphatic carbocycles. The monoisotopic (exact) mass is 493 g/mol. The third-order valence-electron chi connectivity index (χ3n) is 5.27. The molecule has 7 nitrogen and oxygen atoms in total. The average molecular weight is 494 g/mol. The highest BCUT2D eigenvalue weighted by molar-refractivity contribution is 6.32. The van der Waals surface area contributed by atoms with Crippen LogP contribution in [-0.2, 0) is 6.18 Å². The maximum Gasteiger partial charge on any atom is 0.417 e. The van der Waals surface area contributed by atoms with Gasteiger partial charge in [0.2, 0.25) is 0 Å². The Morgan fingerprint density at radius 3 is 2.62 bits per heavy atom. The molecule has 2 N–H and O–H groups in total. The summed E-state index contributed by atoms with van der Waals surface area (Å²) >= 11 is 5.82. The van der Waals surface area contributed by atoms with Crippen molar-refractivity contribution >= 4 is 34.7 Å². The first-order chi connectivity index (χ1) is 16.0. The Kier molecular flexibility index (Phi) is 5.90. The van der Waals surface area contributed by atoms with Gasteiger partial charge in [0.05, 0.1) is 34.6 Å². The molecule has 0 saturated carbocycles. The van der Waals surface area contributed by atoms with Crippen molar-refractivity contribution in [3.63, 3.8) is 0 Å². The fraction of sp³-hybridized carbons (Fsp3) is 0.182. The van der Waals surface area contributed by atoms with Crippen molar-refractivity contribution in [1.29, 1.82) is 0 Å². The number of ketones is 1. The zero-order chi connectivity index (χ0) is 24.8. The molecule has 0 spiro atoms. The van der Waals surface area contributed by atoms with Gasteiger partial charge in [-0.2, -0.15) is 18.3 Å². The molecule has 34 heavy (non-hydrogen) atoms. The van der Waals surface area contributed by atoms with E-state index in [0.29, 0.717) is 0 Å². The third kappa shape index (κ3) is 4.26. The molecule has 176 valence electrons. The first-order valence-corrected chi connectivity index (χ1v) is 10.2. The van der Waals surface area contributed by atoms with Crippen molar-refractivity contribution < 1.29 is 27.2 Å². The first kappa shape index (κ1) is 23.4. The average Bonchev–Trinajstić information content (AvgIpc) is 3.21. The zero-order valence-electron chi connectivity index (χ0n) is 17.5. The molecular weight excluding hydrogens is 478 g/mol. The van der Waals surface area contributed by atoms with Crippen LogP contribution in [0.3, 0.4) is 0 Å². The Morgan fingerprint density at radius 2 is 1.97 bits per heavy atom. The number of amides is 1. The van der Waals surface area contributed by atoms with Crippen LogP contribution in [0.15, 0.2) is 48.9 Å². The number of hydrogen-bond acceptors (Lipinski definition) is 5. The molecule has 3 heterocycles. The summed E-state index contributed by atoms with van der Waals surface area (Å²) in [5, 5.41) is 3.57. The summed E-state index contributed by atoms with van der Waals surface area (Å²) in [5.41, 5.74) is 5.00. The van der Waals surface area contributed by atoms with Gasteiger partial charge in [0, 0.05) is 35.8 Å². The summed E-state index contributed by atoms with van der Waals surface area (Å²) in [6, 6.07) is 3.69. The van der Waals surface area contributed by atoms with Crippen LogP contribution < -0.4 is 10.6 Å². The van der Waals surface area contributed by atoms with Crippen molar-refractivity contribution in [2.24, 2.45) is 5.73 Å². The van der Waals surface area contributed by atoms with E-state index >= 15 is 0 Å². The van der Waals surface area contributed by atoms with E-state index in [4.69, 9.17) is 17.3 Å². The van der Waals surface area contributed by atoms with E-state index in [1.54, 1.807) is 6.92 Å². The number of carbonyl (C=O) groups excluding carboxylic acids is 2. The minimum absolute atomic E-state index is 0.0545. The molecule has 0 radical (unpaired) electrons. The molecule has 4 rings (SSSR count). The summed E-state index contributed by atoms with van der Waals surface area (Å²) in [7, 11) is 0. The second kappa shape index (κ2) is 8.56. The molecule has 3 aromatic rings. The van der Waals surface area contributed by atoms with Crippen LogP contribution in [0.4, 0.5) is 23.2 Å². The Morgan fingerprint density at radius 1 is 1.24 bits per heavy atom. The van der Waals surface area contributed by atoms with Crippen LogP contribution in [0.25, 0.3) is 5.70 Å². The fourth-order valence-electron chi connectivity index (χ4n) is 3.64. The number of rotatable bonds is 4. The van der Waals surface area contributed by atoms with E-state index < -0.39 is 40.3 Å². The van der Waals surface area contributed by atoms with Gasteiger partial charge in [-0.15, -0.1) is 0 Å². The van der Waals surface area contributed by atoms with Gasteiger partial charge in [-0.25, -0.2) is 4.39 Å². The largest absolute Gasteiger partial charge is 0.417 e. The van der Waals surface area contributed by atoms with E-state index in [-0.39, 0.29) is 34.8 Å². The van der Waals surface area contributed by atoms with Crippen LogP contribution in [0, 0.1) is 5.82 Å². The Labute approximate surface area is 195 Å². The van der Waals surface area contributed by atoms with Crippen molar-refractivity contribution in [2.75, 3.05) is 11.4 Å². The molecular formula is C22H16ClF4N5O2. The van der Waals surface area contributed by atoms with E-state index in [2.05, 4.69) is 10.1 Å². The summed E-state index contributed by atoms with van der Waals surface area (Å²) in [5.74, 6) is -1.94. The standard InChI is InChI=1S/C22H16ClF4N5O2/c1-11-10-31(14-2-3-16(17(23)5-14)22(25,26)27)21(34)20-15(9-30-32(11)20)19(33)6-18(28)12-4-13(24)8-29-7-12/h2-9,11H,10,28H2,1H3/t11-/m0/s1. The van der Waals surface area contributed by atoms with E-state index in [1.165, 1.54) is 22.0 Å². The molecule has 12 heteroatoms. The van der Waals surface area contributed by atoms with Crippen molar-refractivity contribution in [2.45, 2.75) is 19.1 Å². The number of nitrogens with two attached hydrogens (primary N) is 1. The van der Waals surface area contributed by atoms with E-state index in [0.717, 1.165) is 36.5 Å². The van der Waals surface area contributed by atoms with Gasteiger partial charge in [0.1, 0.15) is 11.5 Å². The normalized spacial score (nSPS) is 16.5. The maximum absolute atomic E-state index is 13.4. The second-order valence-electron chi connectivity index (χ2n) is 7.63. The van der Waals surface area contributed by atoms with Gasteiger partial charge in [-0.3, -0.25) is 19.3 Å². The van der Waals surface area contributed by atoms with E-state index in [9.17, 15) is 27.2 Å². The second-order valence-corrected chi connectivity index (χ2v) is 8.04. The van der Waals surface area contributed by atoms with Crippen LogP contribution in [0.5, 0.6) is 0 Å². The van der Waals surface area contributed by atoms with Gasteiger partial charge in [-0.05, 0) is 31.2 Å². The van der Waals surface area contributed by atoms with Gasteiger partial charge in [0.25, 0.3) is 5.91 Å². The summed E-state index contributed by atoms with van der Waals surface area (Å²) < 4.78 is 53.9. The first-order valence-electron chi connectivity index (χ1n) is 9.86. The highest BCUT2D eigenvalue weighted by Gasteiger charge is 2.37. The van der Waals surface area contributed by atoms with Crippen molar-refractivity contribution in [3.05, 3.63) is 82.2 Å². The van der Waals surface area contributed by atoms with Crippen LogP contribution >= 0.6 is 11.6 Å². The molecule has 0 fully saturated rings. The van der Waals surface area contributed by atoms with Gasteiger partial charge in [0.15, 0.2) is 5.78 Å². The van der Waals surface area contributed by atoms with Gasteiger partial charge < -0.3 is 10.6 Å². The molecule has 1 aliphatic rings. The number of pyridine rings is 1. The van der Waals surface area contributed by atoms with Crippen molar-refractivity contribution in [3.8, 4) is 0 Å². The number of fused-ring (bicyclic) bond motifs is 1. The molecule has 1 atom stereocenters. The molecule has 0 saturated heterocycles. The Bertz CT molecular complexity index is 1340. The smallest absolute Gasteiger partial charge is 0.398 e. The lowest BCUT2D eigenvalue weighted by molar-refractivity contribution is -0.137. The highest BCUT2D eigenvalue weighted by Crippen LogP contribution is 2.38. The number of hydrogen-bond donors (Lipinski definition) is 1. The Balaban J connectivity index is 1.69. The minimum Gasteiger partial charge on any atom is -0.398 e. The molecule has 1 aliphatic heterocycles. The van der Waals surface area contributed by atoms with Crippen LogP contribution in [-0.4, -0.2) is 33.0 Å². The molecule has 1 aromatic carbocycles. The highest BCUT2D eigenvalue weighted by atomic mass is 35.5. The number of aromatic nitrogens is 3. The third-order valence-corrected chi connectivity index (χ3v) is 5.58. The van der Waals surface area contributed by atoms with Gasteiger partial charge in [-0.1, -0.05) is 11.6 Å². The van der Waals surface area contributed by atoms with E-state index in [1.807, 2.05) is 0 Å². The Hall–Kier alpha value is -3.73. The minimum atomic E-state index is -4.64. The number of halogens is 5. The number of nitrogens with zero attached hydrogens (tertiary/aromatic N) is 4. The summed E-state index contributed by atoms with van der Waals surface area (Å²) in [6.45, 7) is 1.83. The fourth-order valence-corrected chi connectivity index (χ4v) is 3.92. The number of anilines is 1. The molecule has 0 bridgehead atoms. The lowest BCUT2D eigenvalue weighted by Gasteiger charge is -2.32. The predicted octanol–water partition coefficient (Wildman–Crippen LogP) is 4.49. The summed E-state index contributed by atoms with van der Waals surface area (Å²) in [6.07, 6.45) is -0.145. The number of allylic oxidation sites excluding steroid dienone is 1. The molecule has 2 aromatic heterocycles. The van der Waals surface area contributed by atoms with Crippen molar-refractivity contribution in [1.82, 2.24) is 14.8 Å². The number of benzene rings is 1. The zero-order valence-corrected chi connectivity index (χ0v) is 18.2. The lowest BCUT2D eigenvalue weighted by atomic mass is 10.0.